The second kappa shape index (κ2) is 8.59. The van der Waals surface area contributed by atoms with Crippen molar-refractivity contribution < 1.29 is 22.3 Å². The summed E-state index contributed by atoms with van der Waals surface area (Å²) in [7, 11) is -3.77. The number of carbonyl (C=O) groups is 1. The maximum atomic E-state index is 14.6. The summed E-state index contributed by atoms with van der Waals surface area (Å²) in [5.74, 6) is -0.720. The zero-order valence-corrected chi connectivity index (χ0v) is 18.5. The first-order valence-electron chi connectivity index (χ1n) is 10.5. The first-order valence-corrected chi connectivity index (χ1v) is 12.4. The lowest BCUT2D eigenvalue weighted by molar-refractivity contribution is 0.0307. The number of benzene rings is 2. The van der Waals surface area contributed by atoms with E-state index >= 15 is 0 Å². The van der Waals surface area contributed by atoms with Crippen molar-refractivity contribution >= 4 is 15.9 Å². The Bertz CT molecular complexity index is 1060. The van der Waals surface area contributed by atoms with E-state index < -0.39 is 21.7 Å². The van der Waals surface area contributed by atoms with E-state index in [1.807, 2.05) is 22.9 Å². The van der Waals surface area contributed by atoms with E-state index in [2.05, 4.69) is 24.0 Å². The van der Waals surface area contributed by atoms with Gasteiger partial charge in [-0.2, -0.15) is 0 Å². The van der Waals surface area contributed by atoms with Gasteiger partial charge in [0.25, 0.3) is 5.91 Å². The maximum absolute atomic E-state index is 14.6. The average molecular weight is 447 g/mol. The van der Waals surface area contributed by atoms with Crippen molar-refractivity contribution in [2.45, 2.75) is 31.7 Å². The molecule has 6 nitrogen and oxygen atoms in total. The van der Waals surface area contributed by atoms with Crippen LogP contribution in [-0.4, -0.2) is 45.2 Å². The largest absolute Gasteiger partial charge is 0.493 e. The molecule has 0 unspecified atom stereocenters. The van der Waals surface area contributed by atoms with Crippen molar-refractivity contribution in [2.75, 3.05) is 26.0 Å². The zero-order valence-electron chi connectivity index (χ0n) is 17.7. The minimum Gasteiger partial charge on any atom is -0.493 e. The molecule has 0 spiro atoms. The van der Waals surface area contributed by atoms with Gasteiger partial charge in [0.2, 0.25) is 10.0 Å². The second-order valence-electron chi connectivity index (χ2n) is 8.57. The molecule has 1 amide bonds. The Balaban J connectivity index is 1.39. The summed E-state index contributed by atoms with van der Waals surface area (Å²) < 4.78 is 45.0. The topological polar surface area (TPSA) is 75.7 Å². The number of sulfonamides is 1. The molecule has 1 atom stereocenters. The van der Waals surface area contributed by atoms with Crippen LogP contribution in [0.2, 0.25) is 0 Å². The van der Waals surface area contributed by atoms with Crippen LogP contribution in [0.3, 0.4) is 0 Å². The quantitative estimate of drug-likeness (QED) is 0.672. The number of carbonyl (C=O) groups excluding carboxylic acids is 1. The lowest BCUT2D eigenvalue weighted by Crippen LogP contribution is -2.50. The number of hydrogen-bond acceptors (Lipinski definition) is 5. The van der Waals surface area contributed by atoms with E-state index in [1.165, 1.54) is 17.7 Å². The van der Waals surface area contributed by atoms with Crippen LogP contribution in [0.5, 0.6) is 5.75 Å². The number of nitrogens with one attached hydrogen (secondary N) is 1. The minimum absolute atomic E-state index is 0.219. The third-order valence-electron chi connectivity index (χ3n) is 5.93. The molecule has 31 heavy (non-hydrogen) atoms. The molecule has 4 rings (SSSR count). The number of halogens is 1. The highest BCUT2D eigenvalue weighted by molar-refractivity contribution is 7.89. The highest BCUT2D eigenvalue weighted by Gasteiger charge is 2.33. The number of ether oxygens (including phenoxy) is 1. The van der Waals surface area contributed by atoms with Crippen molar-refractivity contribution in [3.05, 3.63) is 65.0 Å². The summed E-state index contributed by atoms with van der Waals surface area (Å²) in [4.78, 5) is 14.5. The summed E-state index contributed by atoms with van der Waals surface area (Å²) in [6.45, 7) is 4.48. The Morgan fingerprint density at radius 1 is 1.23 bits per heavy atom. The number of likely N-dealkylation sites (tertiary alicyclic amines) is 1. The molecule has 0 aromatic heterocycles. The van der Waals surface area contributed by atoms with Crippen molar-refractivity contribution in [3.63, 3.8) is 0 Å². The molecule has 0 bridgehead atoms. The summed E-state index contributed by atoms with van der Waals surface area (Å²) in [5, 5.41) is 0. The number of nitrogens with zero attached hydrogens (tertiary/aromatic N) is 1. The summed E-state index contributed by atoms with van der Waals surface area (Å²) in [6.07, 6.45) is 2.75. The molecule has 2 aromatic carbocycles. The molecule has 2 aliphatic rings. The number of amides is 1. The van der Waals surface area contributed by atoms with Crippen LogP contribution in [0.25, 0.3) is 0 Å². The van der Waals surface area contributed by atoms with Crippen molar-refractivity contribution in [3.8, 4) is 5.75 Å². The van der Waals surface area contributed by atoms with Crippen LogP contribution in [0.1, 0.15) is 53.2 Å². The molecule has 1 aliphatic heterocycles. The zero-order chi connectivity index (χ0) is 22.2. The average Bonchev–Trinajstić information content (AvgIpc) is 3.51. The molecular weight excluding hydrogens is 419 g/mol. The smallest absolute Gasteiger partial charge is 0.267 e. The molecule has 1 N–H and O–H groups in total. The predicted molar refractivity (Wildman–Crippen MR) is 116 cm³/mol. The van der Waals surface area contributed by atoms with Gasteiger partial charge in [0.15, 0.2) is 0 Å². The maximum Gasteiger partial charge on any atom is 0.267 e. The molecule has 2 fully saturated rings. The van der Waals surface area contributed by atoms with Gasteiger partial charge in [-0.15, -0.1) is 0 Å². The molecule has 2 aromatic rings. The van der Waals surface area contributed by atoms with E-state index in [9.17, 15) is 17.6 Å². The number of hydrogen-bond donors (Lipinski definition) is 1. The van der Waals surface area contributed by atoms with Crippen LogP contribution in [0, 0.1) is 11.7 Å². The third kappa shape index (κ3) is 5.25. The standard InChI is InChI=1S/C23H27FN2O4S/c1-15(17-6-4-3-5-7-17)26-12-16(13-26)14-30-22-11-21(24)20(10-19(22)18-8-9-18)23(27)25-31(2,28)29/h3-7,10-11,15-16,18H,8-9,12-14H2,1-2H3,(H,25,27)/t15-/m0/s1. The van der Waals surface area contributed by atoms with Crippen LogP contribution >= 0.6 is 0 Å². The van der Waals surface area contributed by atoms with E-state index in [1.54, 1.807) is 0 Å². The Hall–Kier alpha value is -2.45. The summed E-state index contributed by atoms with van der Waals surface area (Å²) >= 11 is 0. The number of rotatable bonds is 8. The van der Waals surface area contributed by atoms with Crippen LogP contribution in [0.15, 0.2) is 42.5 Å². The van der Waals surface area contributed by atoms with E-state index in [0.29, 0.717) is 24.3 Å². The molecule has 1 heterocycles. The molecule has 1 saturated carbocycles. The Morgan fingerprint density at radius 3 is 2.52 bits per heavy atom. The normalized spacial score (nSPS) is 18.3. The fraction of sp³-hybridized carbons (Fsp3) is 0.435. The third-order valence-corrected chi connectivity index (χ3v) is 6.49. The van der Waals surface area contributed by atoms with Gasteiger partial charge in [0, 0.05) is 31.1 Å². The Kier molecular flexibility index (Phi) is 6.03. The van der Waals surface area contributed by atoms with Crippen LogP contribution < -0.4 is 9.46 Å². The van der Waals surface area contributed by atoms with Crippen molar-refractivity contribution in [2.24, 2.45) is 5.92 Å². The fourth-order valence-corrected chi connectivity index (χ4v) is 4.44. The monoisotopic (exact) mass is 446 g/mol. The van der Waals surface area contributed by atoms with Gasteiger partial charge >= 0.3 is 0 Å². The van der Waals surface area contributed by atoms with Crippen molar-refractivity contribution in [1.29, 1.82) is 0 Å². The first kappa shape index (κ1) is 21.8. The fourth-order valence-electron chi connectivity index (χ4n) is 3.99. The molecular formula is C23H27FN2O4S. The van der Waals surface area contributed by atoms with Crippen LogP contribution in [0.4, 0.5) is 4.39 Å². The molecule has 1 saturated heterocycles. The highest BCUT2D eigenvalue weighted by atomic mass is 32.2. The highest BCUT2D eigenvalue weighted by Crippen LogP contribution is 2.45. The van der Waals surface area contributed by atoms with E-state index in [-0.39, 0.29) is 11.5 Å². The summed E-state index contributed by atoms with van der Waals surface area (Å²) in [6, 6.07) is 13.3. The Labute approximate surface area is 182 Å². The molecule has 0 radical (unpaired) electrons. The van der Waals surface area contributed by atoms with Gasteiger partial charge in [-0.05, 0) is 42.9 Å². The van der Waals surface area contributed by atoms with Gasteiger partial charge in [-0.25, -0.2) is 17.5 Å². The van der Waals surface area contributed by atoms with Crippen LogP contribution in [-0.2, 0) is 10.0 Å². The predicted octanol–water partition coefficient (Wildman–Crippen LogP) is 3.46. The van der Waals surface area contributed by atoms with Crippen molar-refractivity contribution in [1.82, 2.24) is 9.62 Å². The van der Waals surface area contributed by atoms with Gasteiger partial charge in [0.05, 0.1) is 18.4 Å². The SMILES string of the molecule is C[C@@H](c1ccccc1)N1CC(COc2cc(F)c(C(=O)NS(C)(=O)=O)cc2C2CC2)C1. The van der Waals surface area contributed by atoms with E-state index in [4.69, 9.17) is 4.74 Å². The van der Waals surface area contributed by atoms with Gasteiger partial charge in [-0.3, -0.25) is 9.69 Å². The molecule has 166 valence electrons. The molecule has 8 heteroatoms. The lowest BCUT2D eigenvalue weighted by Gasteiger charge is -2.43. The first-order chi connectivity index (χ1) is 14.7. The second-order valence-corrected chi connectivity index (χ2v) is 10.3. The Morgan fingerprint density at radius 2 is 1.90 bits per heavy atom. The van der Waals surface area contributed by atoms with Gasteiger partial charge in [0.1, 0.15) is 11.6 Å². The van der Waals surface area contributed by atoms with E-state index in [0.717, 1.165) is 37.8 Å². The minimum atomic E-state index is -3.77. The van der Waals surface area contributed by atoms with Gasteiger partial charge in [-0.1, -0.05) is 30.3 Å². The lowest BCUT2D eigenvalue weighted by atomic mass is 9.96. The van der Waals surface area contributed by atoms with Gasteiger partial charge < -0.3 is 4.74 Å². The summed E-state index contributed by atoms with van der Waals surface area (Å²) in [5.41, 5.74) is 1.78. The molecule has 1 aliphatic carbocycles.